The summed E-state index contributed by atoms with van der Waals surface area (Å²) in [7, 11) is 1.95. The lowest BCUT2D eigenvalue weighted by Crippen LogP contribution is -2.10. The van der Waals surface area contributed by atoms with Crippen molar-refractivity contribution in [3.63, 3.8) is 0 Å². The molecule has 1 aromatic heterocycles. The van der Waals surface area contributed by atoms with Gasteiger partial charge in [0.25, 0.3) is 0 Å². The maximum absolute atomic E-state index is 8.67. The fourth-order valence-corrected chi connectivity index (χ4v) is 2.19. The van der Waals surface area contributed by atoms with Crippen molar-refractivity contribution < 1.29 is 9.84 Å². The summed E-state index contributed by atoms with van der Waals surface area (Å²) in [6.45, 7) is 2.78. The predicted octanol–water partition coefficient (Wildman–Crippen LogP) is 1.37. The lowest BCUT2D eigenvalue weighted by atomic mass is 10.1. The van der Waals surface area contributed by atoms with E-state index in [9.17, 15) is 0 Å². The Morgan fingerprint density at radius 3 is 2.94 bits per heavy atom. The highest BCUT2D eigenvalue weighted by Crippen LogP contribution is 2.20. The van der Waals surface area contributed by atoms with Crippen LogP contribution in [0.4, 0.5) is 0 Å². The number of para-hydroxylation sites is 1. The Morgan fingerprint density at radius 1 is 1.28 bits per heavy atom. The summed E-state index contributed by atoms with van der Waals surface area (Å²) < 4.78 is 7.53. The molecule has 0 aliphatic heterocycles. The molecule has 18 heavy (non-hydrogen) atoms. The van der Waals surface area contributed by atoms with Crippen molar-refractivity contribution in [2.45, 2.75) is 13.1 Å². The van der Waals surface area contributed by atoms with Gasteiger partial charge in [0.05, 0.1) is 25.3 Å². The number of fused-ring (bicyclic) bond motifs is 1. The van der Waals surface area contributed by atoms with Crippen LogP contribution in [0.15, 0.2) is 30.5 Å². The van der Waals surface area contributed by atoms with Crippen LogP contribution >= 0.6 is 0 Å². The van der Waals surface area contributed by atoms with Crippen LogP contribution in [-0.2, 0) is 17.8 Å². The van der Waals surface area contributed by atoms with E-state index in [1.54, 1.807) is 0 Å². The summed E-state index contributed by atoms with van der Waals surface area (Å²) in [5.74, 6) is 0. The van der Waals surface area contributed by atoms with Crippen LogP contribution in [0.3, 0.4) is 0 Å². The zero-order valence-electron chi connectivity index (χ0n) is 10.7. The predicted molar refractivity (Wildman–Crippen MR) is 72.6 cm³/mol. The fraction of sp³-hybridized carbons (Fsp3) is 0.429. The summed E-state index contributed by atoms with van der Waals surface area (Å²) in [5.41, 5.74) is 2.56. The molecule has 0 bridgehead atoms. The Hall–Kier alpha value is -1.36. The molecule has 0 amide bonds. The monoisotopic (exact) mass is 248 g/mol. The summed E-state index contributed by atoms with van der Waals surface area (Å²) in [6, 6.07) is 8.48. The van der Waals surface area contributed by atoms with Gasteiger partial charge in [0.2, 0.25) is 0 Å². The van der Waals surface area contributed by atoms with Crippen LogP contribution in [0.1, 0.15) is 5.56 Å². The largest absolute Gasteiger partial charge is 0.394 e. The van der Waals surface area contributed by atoms with Crippen molar-refractivity contribution in [3.8, 4) is 0 Å². The molecule has 1 heterocycles. The molecule has 0 radical (unpaired) electrons. The van der Waals surface area contributed by atoms with Crippen molar-refractivity contribution in [1.82, 2.24) is 9.88 Å². The summed E-state index contributed by atoms with van der Waals surface area (Å²) in [4.78, 5) is 0. The van der Waals surface area contributed by atoms with E-state index < -0.39 is 0 Å². The average Bonchev–Trinajstić information content (AvgIpc) is 2.80. The van der Waals surface area contributed by atoms with E-state index in [-0.39, 0.29) is 6.61 Å². The molecule has 0 aliphatic rings. The second kappa shape index (κ2) is 6.54. The number of ether oxygens (including phenoxy) is 1. The maximum Gasteiger partial charge on any atom is 0.0698 e. The molecule has 2 rings (SSSR count). The first-order valence-corrected chi connectivity index (χ1v) is 6.26. The molecular formula is C14H20N2O2. The van der Waals surface area contributed by atoms with Gasteiger partial charge in [-0.05, 0) is 24.1 Å². The van der Waals surface area contributed by atoms with Crippen LogP contribution in [0.5, 0.6) is 0 Å². The molecule has 2 N–H and O–H groups in total. The second-order valence-corrected chi connectivity index (χ2v) is 4.23. The van der Waals surface area contributed by atoms with Crippen molar-refractivity contribution in [2.24, 2.45) is 0 Å². The Bertz CT molecular complexity index is 493. The number of nitrogens with one attached hydrogen (secondary N) is 1. The lowest BCUT2D eigenvalue weighted by Gasteiger charge is -2.10. The fourth-order valence-electron chi connectivity index (χ4n) is 2.19. The highest BCUT2D eigenvalue weighted by molar-refractivity contribution is 5.83. The van der Waals surface area contributed by atoms with Crippen molar-refractivity contribution in [1.29, 1.82) is 0 Å². The molecule has 0 atom stereocenters. The summed E-state index contributed by atoms with van der Waals surface area (Å²) >= 11 is 0. The highest BCUT2D eigenvalue weighted by atomic mass is 16.5. The van der Waals surface area contributed by atoms with E-state index in [1.165, 1.54) is 16.5 Å². The molecule has 1 aromatic carbocycles. The molecule has 0 aliphatic carbocycles. The topological polar surface area (TPSA) is 46.4 Å². The van der Waals surface area contributed by atoms with Gasteiger partial charge in [-0.15, -0.1) is 0 Å². The van der Waals surface area contributed by atoms with Gasteiger partial charge in [-0.1, -0.05) is 18.2 Å². The van der Waals surface area contributed by atoms with Gasteiger partial charge >= 0.3 is 0 Å². The molecule has 0 unspecified atom stereocenters. The molecule has 2 aromatic rings. The van der Waals surface area contributed by atoms with Crippen molar-refractivity contribution in [2.75, 3.05) is 26.9 Å². The van der Waals surface area contributed by atoms with Gasteiger partial charge in [0.15, 0.2) is 0 Å². The van der Waals surface area contributed by atoms with Gasteiger partial charge in [-0.2, -0.15) is 0 Å². The molecule has 4 heteroatoms. The van der Waals surface area contributed by atoms with Crippen LogP contribution in [0, 0.1) is 0 Å². The van der Waals surface area contributed by atoms with Crippen LogP contribution < -0.4 is 5.32 Å². The highest BCUT2D eigenvalue weighted by Gasteiger charge is 2.05. The van der Waals surface area contributed by atoms with Crippen LogP contribution in [0.2, 0.25) is 0 Å². The number of rotatable bonds is 7. The number of hydrogen-bond donors (Lipinski definition) is 2. The maximum atomic E-state index is 8.67. The van der Waals surface area contributed by atoms with Crippen LogP contribution in [-0.4, -0.2) is 36.5 Å². The Morgan fingerprint density at radius 2 is 2.17 bits per heavy atom. The number of benzene rings is 1. The molecule has 0 spiro atoms. The lowest BCUT2D eigenvalue weighted by molar-refractivity contribution is 0.0875. The van der Waals surface area contributed by atoms with E-state index in [0.717, 1.165) is 13.1 Å². The minimum Gasteiger partial charge on any atom is -0.394 e. The number of hydrogen-bond acceptors (Lipinski definition) is 3. The van der Waals surface area contributed by atoms with Gasteiger partial charge in [0.1, 0.15) is 0 Å². The van der Waals surface area contributed by atoms with Gasteiger partial charge < -0.3 is 19.7 Å². The van der Waals surface area contributed by atoms with Gasteiger partial charge in [-0.25, -0.2) is 0 Å². The quantitative estimate of drug-likeness (QED) is 0.728. The molecular weight excluding hydrogens is 228 g/mol. The normalized spacial score (nSPS) is 11.2. The van der Waals surface area contributed by atoms with Crippen molar-refractivity contribution in [3.05, 3.63) is 36.0 Å². The number of nitrogens with zero attached hydrogens (tertiary/aromatic N) is 1. The Labute approximate surface area is 107 Å². The molecule has 4 nitrogen and oxygen atoms in total. The molecule has 98 valence electrons. The first-order chi connectivity index (χ1) is 8.86. The average molecular weight is 248 g/mol. The first-order valence-electron chi connectivity index (χ1n) is 6.26. The minimum absolute atomic E-state index is 0.0808. The third kappa shape index (κ3) is 2.90. The van der Waals surface area contributed by atoms with Crippen LogP contribution in [0.25, 0.3) is 10.9 Å². The molecule has 0 saturated carbocycles. The molecule has 0 fully saturated rings. The standard InChI is InChI=1S/C14H20N2O2/c1-15-11-13-4-2-3-12-5-6-16(14(12)13)7-9-18-10-8-17/h2-6,15,17H,7-11H2,1H3. The second-order valence-electron chi connectivity index (χ2n) is 4.23. The number of aliphatic hydroxyl groups excluding tert-OH is 1. The zero-order chi connectivity index (χ0) is 12.8. The van der Waals surface area contributed by atoms with E-state index >= 15 is 0 Å². The SMILES string of the molecule is CNCc1cccc2ccn(CCOCCO)c12. The van der Waals surface area contributed by atoms with E-state index in [1.807, 2.05) is 7.05 Å². The number of aliphatic hydroxyl groups is 1. The Balaban J connectivity index is 2.16. The summed E-state index contributed by atoms with van der Waals surface area (Å²) in [5, 5.41) is 13.1. The zero-order valence-corrected chi connectivity index (χ0v) is 10.7. The smallest absolute Gasteiger partial charge is 0.0698 e. The van der Waals surface area contributed by atoms with E-state index in [0.29, 0.717) is 13.2 Å². The van der Waals surface area contributed by atoms with Gasteiger partial charge in [0, 0.05) is 19.3 Å². The van der Waals surface area contributed by atoms with Gasteiger partial charge in [-0.3, -0.25) is 0 Å². The minimum atomic E-state index is 0.0808. The molecule has 0 saturated heterocycles. The Kier molecular flexibility index (Phi) is 4.75. The third-order valence-electron chi connectivity index (χ3n) is 2.95. The first kappa shape index (κ1) is 13.1. The van der Waals surface area contributed by atoms with E-state index in [2.05, 4.69) is 40.3 Å². The number of aromatic nitrogens is 1. The van der Waals surface area contributed by atoms with Crippen molar-refractivity contribution >= 4 is 10.9 Å². The summed E-state index contributed by atoms with van der Waals surface area (Å²) in [6.07, 6.45) is 2.09. The third-order valence-corrected chi connectivity index (χ3v) is 2.95. The van der Waals surface area contributed by atoms with E-state index in [4.69, 9.17) is 9.84 Å².